The van der Waals surface area contributed by atoms with Crippen LogP contribution in [0.15, 0.2) is 107 Å². The molecule has 0 radical (unpaired) electrons. The highest BCUT2D eigenvalue weighted by molar-refractivity contribution is 7.91. The maximum Gasteiger partial charge on any atom is 0.338 e. The van der Waals surface area contributed by atoms with Crippen molar-refractivity contribution in [3.05, 3.63) is 119 Å². The highest BCUT2D eigenvalue weighted by atomic mass is 32.2. The van der Waals surface area contributed by atoms with E-state index in [4.69, 9.17) is 9.47 Å². The summed E-state index contributed by atoms with van der Waals surface area (Å²) in [6, 6.07) is 24.3. The van der Waals surface area contributed by atoms with E-state index in [1.807, 2.05) is 12.1 Å². The summed E-state index contributed by atoms with van der Waals surface area (Å²) in [4.78, 5) is 23.8. The van der Waals surface area contributed by atoms with Gasteiger partial charge < -0.3 is 19.7 Å². The van der Waals surface area contributed by atoms with Gasteiger partial charge in [0.1, 0.15) is 34.5 Å². The molecule has 0 aliphatic carbocycles. The van der Waals surface area contributed by atoms with Crippen LogP contribution in [0.1, 0.15) is 31.8 Å². The second-order valence-electron chi connectivity index (χ2n) is 7.99. The molecule has 0 saturated heterocycles. The topological polar surface area (TPSA) is 127 Å². The summed E-state index contributed by atoms with van der Waals surface area (Å²) in [6.07, 6.45) is 0. The molecule has 0 spiro atoms. The highest BCUT2D eigenvalue weighted by Crippen LogP contribution is 2.34. The Morgan fingerprint density at radius 2 is 0.973 bits per heavy atom. The van der Waals surface area contributed by atoms with Crippen molar-refractivity contribution in [2.45, 2.75) is 23.0 Å². The minimum atomic E-state index is -4.56. The number of hydrogen-bond acceptors (Lipinski definition) is 8. The van der Waals surface area contributed by atoms with Gasteiger partial charge in [0.05, 0.1) is 11.1 Å². The number of aromatic hydroxyl groups is 2. The van der Waals surface area contributed by atoms with Crippen molar-refractivity contribution in [2.24, 2.45) is 0 Å². The zero-order chi connectivity index (χ0) is 26.4. The Morgan fingerprint density at radius 3 is 1.35 bits per heavy atom. The number of carbonyl (C=O) groups excluding carboxylic acids is 2. The number of rotatable bonds is 8. The van der Waals surface area contributed by atoms with Crippen molar-refractivity contribution in [1.29, 1.82) is 0 Å². The summed E-state index contributed by atoms with van der Waals surface area (Å²) >= 11 is 0. The van der Waals surface area contributed by atoms with E-state index in [-0.39, 0.29) is 24.3 Å². The van der Waals surface area contributed by atoms with Crippen LogP contribution in [0.3, 0.4) is 0 Å². The molecule has 8 nitrogen and oxygen atoms in total. The van der Waals surface area contributed by atoms with Gasteiger partial charge in [0.2, 0.25) is 9.84 Å². The van der Waals surface area contributed by atoms with Crippen LogP contribution in [0.5, 0.6) is 11.5 Å². The van der Waals surface area contributed by atoms with E-state index in [0.717, 1.165) is 35.4 Å². The molecular weight excluding hydrogens is 496 g/mol. The van der Waals surface area contributed by atoms with Gasteiger partial charge in [-0.1, -0.05) is 60.7 Å². The van der Waals surface area contributed by atoms with Gasteiger partial charge in [0.25, 0.3) is 0 Å². The molecule has 0 saturated carbocycles. The standard InChI is InChI=1S/C28H22O8S/c29-23-13-11-21(27(31)35-17-19-7-3-1-4-8-19)15-25(23)37(33,34)26-16-22(12-14-24(26)30)28(32)36-18-20-9-5-2-6-10-20/h1-16,29-30H,17-18H2. The fourth-order valence-corrected chi connectivity index (χ4v) is 4.93. The van der Waals surface area contributed by atoms with E-state index in [9.17, 15) is 28.2 Å². The Balaban J connectivity index is 1.58. The van der Waals surface area contributed by atoms with E-state index in [0.29, 0.717) is 0 Å². The zero-order valence-corrected chi connectivity index (χ0v) is 20.2. The van der Waals surface area contributed by atoms with Crippen LogP contribution in [0.4, 0.5) is 0 Å². The lowest BCUT2D eigenvalue weighted by molar-refractivity contribution is 0.0463. The molecular formula is C28H22O8S. The summed E-state index contributed by atoms with van der Waals surface area (Å²) in [5.41, 5.74) is 1.24. The number of phenolic OH excluding ortho intramolecular Hbond substituents is 2. The first kappa shape index (κ1) is 25.5. The van der Waals surface area contributed by atoms with Gasteiger partial charge in [-0.05, 0) is 47.5 Å². The van der Waals surface area contributed by atoms with Crippen LogP contribution in [0.25, 0.3) is 0 Å². The molecule has 0 aliphatic rings. The van der Waals surface area contributed by atoms with E-state index >= 15 is 0 Å². The molecule has 4 aromatic carbocycles. The van der Waals surface area contributed by atoms with Gasteiger partial charge in [-0.25, -0.2) is 18.0 Å². The third-order valence-corrected chi connectivity index (χ3v) is 7.21. The van der Waals surface area contributed by atoms with E-state index in [1.165, 1.54) is 12.1 Å². The van der Waals surface area contributed by atoms with Gasteiger partial charge in [-0.2, -0.15) is 0 Å². The van der Waals surface area contributed by atoms with Gasteiger partial charge in [-0.3, -0.25) is 0 Å². The van der Waals surface area contributed by atoms with E-state index < -0.39 is 43.1 Å². The first-order valence-electron chi connectivity index (χ1n) is 11.1. The number of carbonyl (C=O) groups is 2. The molecule has 0 aliphatic heterocycles. The second-order valence-corrected chi connectivity index (χ2v) is 9.88. The third-order valence-electron chi connectivity index (χ3n) is 5.40. The lowest BCUT2D eigenvalue weighted by Gasteiger charge is -2.12. The first-order chi connectivity index (χ1) is 17.8. The fourth-order valence-electron chi connectivity index (χ4n) is 3.44. The quantitative estimate of drug-likeness (QED) is 0.323. The van der Waals surface area contributed by atoms with Crippen molar-refractivity contribution in [1.82, 2.24) is 0 Å². The van der Waals surface area contributed by atoms with Crippen LogP contribution in [-0.4, -0.2) is 30.6 Å². The number of esters is 2. The Morgan fingerprint density at radius 1 is 0.595 bits per heavy atom. The van der Waals surface area contributed by atoms with Gasteiger partial charge in [0.15, 0.2) is 0 Å². The largest absolute Gasteiger partial charge is 0.507 e. The Labute approximate surface area is 213 Å². The Hall–Kier alpha value is -4.63. The smallest absolute Gasteiger partial charge is 0.338 e. The maximum atomic E-state index is 13.4. The van der Waals surface area contributed by atoms with Gasteiger partial charge in [0, 0.05) is 0 Å². The molecule has 4 rings (SSSR count). The second kappa shape index (κ2) is 11.0. The molecule has 0 unspecified atom stereocenters. The van der Waals surface area contributed by atoms with Gasteiger partial charge in [-0.15, -0.1) is 0 Å². The predicted molar refractivity (Wildman–Crippen MR) is 133 cm³/mol. The molecule has 0 amide bonds. The molecule has 0 aromatic heterocycles. The van der Waals surface area contributed by atoms with Gasteiger partial charge >= 0.3 is 11.9 Å². The summed E-state index contributed by atoms with van der Waals surface area (Å²) in [5, 5.41) is 20.6. The molecule has 188 valence electrons. The average molecular weight is 519 g/mol. The summed E-state index contributed by atoms with van der Waals surface area (Å²) < 4.78 is 37.2. The van der Waals surface area contributed by atoms with E-state index in [1.54, 1.807) is 48.5 Å². The molecule has 4 aromatic rings. The number of benzene rings is 4. The lowest BCUT2D eigenvalue weighted by Crippen LogP contribution is -2.10. The normalized spacial score (nSPS) is 11.0. The molecule has 37 heavy (non-hydrogen) atoms. The van der Waals surface area contributed by atoms with Crippen molar-refractivity contribution >= 4 is 21.8 Å². The number of phenols is 2. The van der Waals surface area contributed by atoms with Crippen LogP contribution in [-0.2, 0) is 32.5 Å². The summed E-state index contributed by atoms with van der Waals surface area (Å²) in [5.74, 6) is -2.89. The molecule has 0 bridgehead atoms. The minimum absolute atomic E-state index is 0.0312. The molecule has 9 heteroatoms. The maximum absolute atomic E-state index is 13.4. The van der Waals surface area contributed by atoms with Crippen LogP contribution in [0, 0.1) is 0 Å². The average Bonchev–Trinajstić information content (AvgIpc) is 2.91. The predicted octanol–water partition coefficient (Wildman–Crippen LogP) is 4.64. The number of sulfone groups is 1. The van der Waals surface area contributed by atoms with E-state index in [2.05, 4.69) is 0 Å². The van der Waals surface area contributed by atoms with Crippen molar-refractivity contribution < 1.29 is 37.7 Å². The van der Waals surface area contributed by atoms with Crippen molar-refractivity contribution in [2.75, 3.05) is 0 Å². The highest BCUT2D eigenvalue weighted by Gasteiger charge is 2.28. The van der Waals surface area contributed by atoms with Crippen molar-refractivity contribution in [3.63, 3.8) is 0 Å². The fraction of sp³-hybridized carbons (Fsp3) is 0.0714. The Kier molecular flexibility index (Phi) is 7.55. The van der Waals surface area contributed by atoms with Crippen LogP contribution in [0.2, 0.25) is 0 Å². The molecule has 0 fully saturated rings. The monoisotopic (exact) mass is 518 g/mol. The summed E-state index contributed by atoms with van der Waals surface area (Å²) in [6.45, 7) is -0.0624. The Bertz CT molecular complexity index is 1420. The summed E-state index contributed by atoms with van der Waals surface area (Å²) in [7, 11) is -4.56. The number of ether oxygens (including phenoxy) is 2. The SMILES string of the molecule is O=C(OCc1ccccc1)c1ccc(O)c(S(=O)(=O)c2cc(C(=O)OCc3ccccc3)ccc2O)c1. The molecule has 0 atom stereocenters. The van der Waals surface area contributed by atoms with Crippen LogP contribution < -0.4 is 0 Å². The van der Waals surface area contributed by atoms with Crippen LogP contribution >= 0.6 is 0 Å². The van der Waals surface area contributed by atoms with Crippen molar-refractivity contribution in [3.8, 4) is 11.5 Å². The minimum Gasteiger partial charge on any atom is -0.507 e. The zero-order valence-electron chi connectivity index (χ0n) is 19.4. The molecule has 2 N–H and O–H groups in total. The molecule has 0 heterocycles. The number of hydrogen-bond donors (Lipinski definition) is 2. The first-order valence-corrected chi connectivity index (χ1v) is 12.6. The third kappa shape index (κ3) is 5.96. The lowest BCUT2D eigenvalue weighted by atomic mass is 10.2.